The summed E-state index contributed by atoms with van der Waals surface area (Å²) in [7, 11) is 1.62. The van der Waals surface area contributed by atoms with Crippen LogP contribution in [-0.4, -0.2) is 12.8 Å². The van der Waals surface area contributed by atoms with Gasteiger partial charge < -0.3 is 5.73 Å². The zero-order valence-corrected chi connectivity index (χ0v) is 4.76. The van der Waals surface area contributed by atoms with Crippen LogP contribution in [0.1, 0.15) is 0 Å². The first-order valence-electron chi connectivity index (χ1n) is 2.16. The highest BCUT2D eigenvalue weighted by molar-refractivity contribution is 6.08. The Labute approximate surface area is 49.1 Å². The molecule has 42 valence electrons. The molecule has 8 heavy (non-hydrogen) atoms. The molecule has 0 heterocycles. The second-order valence-corrected chi connectivity index (χ2v) is 1.11. The van der Waals surface area contributed by atoms with Crippen LogP contribution >= 0.6 is 0 Å². The van der Waals surface area contributed by atoms with E-state index < -0.39 is 0 Å². The van der Waals surface area contributed by atoms with Crippen LogP contribution in [0.15, 0.2) is 17.3 Å². The highest BCUT2D eigenvalue weighted by Gasteiger charge is 1.77. The SMILES string of the molecule is C#CC(/C=C\N)=N/C. The Balaban J connectivity index is 3.98. The maximum Gasteiger partial charge on any atom is 0.108 e. The van der Waals surface area contributed by atoms with Gasteiger partial charge in [-0.15, -0.1) is 6.42 Å². The summed E-state index contributed by atoms with van der Waals surface area (Å²) < 4.78 is 0. The standard InChI is InChI=1S/C6H8N2/c1-3-6(8-2)4-5-7/h1,4-5H,7H2,2H3/b5-4-,8-6-. The van der Waals surface area contributed by atoms with E-state index >= 15 is 0 Å². The summed E-state index contributed by atoms with van der Waals surface area (Å²) >= 11 is 0. The molecule has 0 bridgehead atoms. The summed E-state index contributed by atoms with van der Waals surface area (Å²) in [4.78, 5) is 3.71. The van der Waals surface area contributed by atoms with E-state index in [9.17, 15) is 0 Å². The molecule has 0 radical (unpaired) electrons. The summed E-state index contributed by atoms with van der Waals surface area (Å²) in [5.74, 6) is 2.34. The second-order valence-electron chi connectivity index (χ2n) is 1.11. The molecule has 0 aromatic rings. The number of terminal acetylenes is 1. The molecule has 0 aromatic carbocycles. The molecule has 0 saturated carbocycles. The third-order valence-electron chi connectivity index (χ3n) is 0.643. The number of rotatable bonds is 1. The van der Waals surface area contributed by atoms with Crippen molar-refractivity contribution in [2.24, 2.45) is 10.7 Å². The van der Waals surface area contributed by atoms with Gasteiger partial charge >= 0.3 is 0 Å². The van der Waals surface area contributed by atoms with Crippen molar-refractivity contribution in [2.75, 3.05) is 7.05 Å². The molecule has 0 unspecified atom stereocenters. The maximum absolute atomic E-state index is 5.02. The topological polar surface area (TPSA) is 38.4 Å². The van der Waals surface area contributed by atoms with Gasteiger partial charge in [0.2, 0.25) is 0 Å². The van der Waals surface area contributed by atoms with Crippen molar-refractivity contribution in [1.82, 2.24) is 0 Å². The Kier molecular flexibility index (Phi) is 3.34. The molecular formula is C6H8N2. The van der Waals surface area contributed by atoms with Gasteiger partial charge in [-0.3, -0.25) is 4.99 Å². The zero-order valence-electron chi connectivity index (χ0n) is 4.76. The van der Waals surface area contributed by atoms with Gasteiger partial charge in [-0.05, 0) is 12.3 Å². The van der Waals surface area contributed by atoms with Gasteiger partial charge in [0.15, 0.2) is 0 Å². The summed E-state index contributed by atoms with van der Waals surface area (Å²) in [6.07, 6.45) is 7.91. The third-order valence-corrected chi connectivity index (χ3v) is 0.643. The molecule has 2 N–H and O–H groups in total. The highest BCUT2D eigenvalue weighted by Crippen LogP contribution is 1.73. The van der Waals surface area contributed by atoms with Gasteiger partial charge in [0.1, 0.15) is 5.71 Å². The largest absolute Gasteiger partial charge is 0.405 e. The molecule has 0 saturated heterocycles. The highest BCUT2D eigenvalue weighted by atomic mass is 14.7. The van der Waals surface area contributed by atoms with Gasteiger partial charge in [-0.2, -0.15) is 0 Å². The molecule has 0 atom stereocenters. The summed E-state index contributed by atoms with van der Waals surface area (Å²) in [5.41, 5.74) is 5.59. The average Bonchev–Trinajstić information content (AvgIpc) is 1.83. The first kappa shape index (κ1) is 6.77. The predicted octanol–water partition coefficient (Wildman–Crippen LogP) is 0.163. The fourth-order valence-corrected chi connectivity index (χ4v) is 0.278. The van der Waals surface area contributed by atoms with Crippen LogP contribution in [0.4, 0.5) is 0 Å². The third kappa shape index (κ3) is 2.04. The molecule has 2 nitrogen and oxygen atoms in total. The van der Waals surface area contributed by atoms with Crippen LogP contribution in [0.3, 0.4) is 0 Å². The van der Waals surface area contributed by atoms with E-state index in [2.05, 4.69) is 10.9 Å². The quantitative estimate of drug-likeness (QED) is 0.377. The molecule has 0 amide bonds. The predicted molar refractivity (Wildman–Crippen MR) is 35.5 cm³/mol. The minimum absolute atomic E-state index is 0.563. The molecule has 0 rings (SSSR count). The second kappa shape index (κ2) is 3.94. The lowest BCUT2D eigenvalue weighted by atomic mass is 10.4. The minimum Gasteiger partial charge on any atom is -0.405 e. The smallest absolute Gasteiger partial charge is 0.108 e. The van der Waals surface area contributed by atoms with E-state index in [1.54, 1.807) is 13.1 Å². The Hall–Kier alpha value is -1.23. The number of nitrogens with zero attached hydrogens (tertiary/aromatic N) is 1. The average molecular weight is 108 g/mol. The van der Waals surface area contributed by atoms with Crippen molar-refractivity contribution in [2.45, 2.75) is 0 Å². The number of allylic oxidation sites excluding steroid dienone is 1. The molecule has 0 aliphatic carbocycles. The Morgan fingerprint density at radius 1 is 1.88 bits per heavy atom. The fourth-order valence-electron chi connectivity index (χ4n) is 0.278. The zero-order chi connectivity index (χ0) is 6.41. The van der Waals surface area contributed by atoms with E-state index in [4.69, 9.17) is 12.2 Å². The molecule has 0 aliphatic heterocycles. The fraction of sp³-hybridized carbons (Fsp3) is 0.167. The van der Waals surface area contributed by atoms with Gasteiger partial charge in [0.05, 0.1) is 0 Å². The van der Waals surface area contributed by atoms with Crippen LogP contribution in [-0.2, 0) is 0 Å². The number of hydrogen-bond donors (Lipinski definition) is 1. The summed E-state index contributed by atoms with van der Waals surface area (Å²) in [5, 5.41) is 0. The number of aliphatic imine (C=N–C) groups is 1. The normalized spacial score (nSPS) is 11.8. The first-order chi connectivity index (χ1) is 3.85. The molecule has 0 aliphatic rings. The Morgan fingerprint density at radius 3 is 2.62 bits per heavy atom. The van der Waals surface area contributed by atoms with Crippen molar-refractivity contribution >= 4 is 5.71 Å². The lowest BCUT2D eigenvalue weighted by molar-refractivity contribution is 1.45. The van der Waals surface area contributed by atoms with Gasteiger partial charge in [-0.25, -0.2) is 0 Å². The van der Waals surface area contributed by atoms with Crippen LogP contribution in [0, 0.1) is 12.3 Å². The van der Waals surface area contributed by atoms with Crippen molar-refractivity contribution in [3.05, 3.63) is 12.3 Å². The lowest BCUT2D eigenvalue weighted by Gasteiger charge is -1.80. The summed E-state index contributed by atoms with van der Waals surface area (Å²) in [6, 6.07) is 0. The molecule has 0 aromatic heterocycles. The molecule has 0 fully saturated rings. The summed E-state index contributed by atoms with van der Waals surface area (Å²) in [6.45, 7) is 0. The Bertz CT molecular complexity index is 148. The molecule has 0 spiro atoms. The Morgan fingerprint density at radius 2 is 2.50 bits per heavy atom. The first-order valence-corrected chi connectivity index (χ1v) is 2.16. The van der Waals surface area contributed by atoms with Gasteiger partial charge in [0, 0.05) is 7.05 Å². The van der Waals surface area contributed by atoms with Crippen molar-refractivity contribution < 1.29 is 0 Å². The lowest BCUT2D eigenvalue weighted by Crippen LogP contribution is -1.88. The minimum atomic E-state index is 0.563. The number of hydrogen-bond acceptors (Lipinski definition) is 2. The van der Waals surface area contributed by atoms with E-state index in [0.717, 1.165) is 0 Å². The van der Waals surface area contributed by atoms with Gasteiger partial charge in [0.25, 0.3) is 0 Å². The van der Waals surface area contributed by atoms with E-state index in [-0.39, 0.29) is 0 Å². The van der Waals surface area contributed by atoms with Crippen molar-refractivity contribution in [3.8, 4) is 12.3 Å². The monoisotopic (exact) mass is 108 g/mol. The van der Waals surface area contributed by atoms with E-state index in [1.165, 1.54) is 6.20 Å². The van der Waals surface area contributed by atoms with E-state index in [0.29, 0.717) is 5.71 Å². The van der Waals surface area contributed by atoms with Crippen LogP contribution in [0.25, 0.3) is 0 Å². The van der Waals surface area contributed by atoms with E-state index in [1.807, 2.05) is 0 Å². The molecular weight excluding hydrogens is 100 g/mol. The van der Waals surface area contributed by atoms with Crippen LogP contribution in [0.2, 0.25) is 0 Å². The van der Waals surface area contributed by atoms with Crippen molar-refractivity contribution in [3.63, 3.8) is 0 Å². The van der Waals surface area contributed by atoms with Crippen LogP contribution in [0.5, 0.6) is 0 Å². The van der Waals surface area contributed by atoms with Crippen molar-refractivity contribution in [1.29, 1.82) is 0 Å². The molecule has 2 heteroatoms. The number of nitrogens with two attached hydrogens (primary N) is 1. The van der Waals surface area contributed by atoms with Gasteiger partial charge in [-0.1, -0.05) is 5.92 Å². The maximum atomic E-state index is 5.02. The van der Waals surface area contributed by atoms with Crippen LogP contribution < -0.4 is 5.73 Å².